The van der Waals surface area contributed by atoms with Crippen LogP contribution >= 0.6 is 0 Å². The quantitative estimate of drug-likeness (QED) is 0.868. The van der Waals surface area contributed by atoms with Gasteiger partial charge in [-0.15, -0.1) is 0 Å². The van der Waals surface area contributed by atoms with E-state index in [1.165, 1.54) is 5.56 Å². The zero-order valence-electron chi connectivity index (χ0n) is 11.7. The monoisotopic (exact) mass is 252 g/mol. The minimum atomic E-state index is 0.350. The van der Waals surface area contributed by atoms with E-state index in [9.17, 15) is 0 Å². The van der Waals surface area contributed by atoms with E-state index in [0.29, 0.717) is 6.04 Å². The molecule has 1 saturated heterocycles. The van der Waals surface area contributed by atoms with Gasteiger partial charge in [0, 0.05) is 37.8 Å². The Balaban J connectivity index is 1.74. The number of nitrogens with zero attached hydrogens (tertiary/aromatic N) is 1. The second kappa shape index (κ2) is 6.36. The number of furan rings is 1. The molecule has 2 rings (SSSR count). The van der Waals surface area contributed by atoms with Crippen LogP contribution in [-0.4, -0.2) is 44.3 Å². The normalized spacial score (nSPS) is 19.1. The Bertz CT molecular complexity index is 370. The van der Waals surface area contributed by atoms with Gasteiger partial charge in [-0.2, -0.15) is 0 Å². The fourth-order valence-electron chi connectivity index (χ4n) is 2.45. The molecule has 102 valence electrons. The predicted molar refractivity (Wildman–Crippen MR) is 71.9 cm³/mol. The first-order valence-electron chi connectivity index (χ1n) is 6.77. The van der Waals surface area contributed by atoms with Crippen LogP contribution in [0.2, 0.25) is 0 Å². The SMILES string of the molecule is Cc1cc(C(C)NCCN2CCOCC2)c(C)o1. The first kappa shape index (κ1) is 13.6. The largest absolute Gasteiger partial charge is 0.466 e. The summed E-state index contributed by atoms with van der Waals surface area (Å²) < 4.78 is 10.9. The van der Waals surface area contributed by atoms with E-state index in [4.69, 9.17) is 9.15 Å². The van der Waals surface area contributed by atoms with Crippen LogP contribution in [0.5, 0.6) is 0 Å². The lowest BCUT2D eigenvalue weighted by molar-refractivity contribution is 0.0382. The summed E-state index contributed by atoms with van der Waals surface area (Å²) in [5.41, 5.74) is 1.27. The number of aryl methyl sites for hydroxylation is 2. The van der Waals surface area contributed by atoms with Crippen molar-refractivity contribution in [3.63, 3.8) is 0 Å². The lowest BCUT2D eigenvalue weighted by Crippen LogP contribution is -2.40. The van der Waals surface area contributed by atoms with Crippen LogP contribution in [0, 0.1) is 13.8 Å². The smallest absolute Gasteiger partial charge is 0.105 e. The van der Waals surface area contributed by atoms with Gasteiger partial charge in [0.15, 0.2) is 0 Å². The van der Waals surface area contributed by atoms with Gasteiger partial charge in [0.2, 0.25) is 0 Å². The lowest BCUT2D eigenvalue weighted by Gasteiger charge is -2.27. The lowest BCUT2D eigenvalue weighted by atomic mass is 10.1. The van der Waals surface area contributed by atoms with Crippen LogP contribution < -0.4 is 5.32 Å². The second-order valence-corrected chi connectivity index (χ2v) is 5.00. The Morgan fingerprint density at radius 2 is 2.06 bits per heavy atom. The Morgan fingerprint density at radius 3 is 2.67 bits per heavy atom. The van der Waals surface area contributed by atoms with E-state index in [-0.39, 0.29) is 0 Å². The number of hydrogen-bond acceptors (Lipinski definition) is 4. The van der Waals surface area contributed by atoms with Gasteiger partial charge in [-0.25, -0.2) is 0 Å². The Kier molecular flexibility index (Phi) is 4.80. The van der Waals surface area contributed by atoms with Crippen LogP contribution in [0.3, 0.4) is 0 Å². The number of rotatable bonds is 5. The topological polar surface area (TPSA) is 37.6 Å². The van der Waals surface area contributed by atoms with Gasteiger partial charge in [0.25, 0.3) is 0 Å². The molecule has 0 spiro atoms. The highest BCUT2D eigenvalue weighted by molar-refractivity contribution is 5.23. The maximum Gasteiger partial charge on any atom is 0.105 e. The number of hydrogen-bond donors (Lipinski definition) is 1. The molecule has 1 unspecified atom stereocenters. The zero-order valence-corrected chi connectivity index (χ0v) is 11.7. The first-order chi connectivity index (χ1) is 8.66. The van der Waals surface area contributed by atoms with E-state index in [1.807, 2.05) is 13.8 Å². The molecular weight excluding hydrogens is 228 g/mol. The third kappa shape index (κ3) is 3.57. The van der Waals surface area contributed by atoms with Crippen molar-refractivity contribution in [2.75, 3.05) is 39.4 Å². The summed E-state index contributed by atoms with van der Waals surface area (Å²) in [6.07, 6.45) is 0. The first-order valence-corrected chi connectivity index (χ1v) is 6.77. The van der Waals surface area contributed by atoms with Gasteiger partial charge < -0.3 is 14.5 Å². The molecule has 0 bridgehead atoms. The van der Waals surface area contributed by atoms with Crippen molar-refractivity contribution in [3.8, 4) is 0 Å². The maximum atomic E-state index is 5.56. The number of ether oxygens (including phenoxy) is 1. The van der Waals surface area contributed by atoms with Gasteiger partial charge in [0.1, 0.15) is 11.5 Å². The van der Waals surface area contributed by atoms with Gasteiger partial charge in [-0.3, -0.25) is 4.90 Å². The van der Waals surface area contributed by atoms with Crippen molar-refractivity contribution in [1.82, 2.24) is 10.2 Å². The van der Waals surface area contributed by atoms with Gasteiger partial charge in [-0.1, -0.05) is 0 Å². The van der Waals surface area contributed by atoms with Crippen LogP contribution in [0.1, 0.15) is 30.0 Å². The fraction of sp³-hybridized carbons (Fsp3) is 0.714. The molecule has 4 heteroatoms. The van der Waals surface area contributed by atoms with Crippen LogP contribution in [0.15, 0.2) is 10.5 Å². The summed E-state index contributed by atoms with van der Waals surface area (Å²) in [6.45, 7) is 12.2. The van der Waals surface area contributed by atoms with Crippen LogP contribution in [-0.2, 0) is 4.74 Å². The average Bonchev–Trinajstić information content (AvgIpc) is 2.70. The molecule has 1 aromatic heterocycles. The summed E-state index contributed by atoms with van der Waals surface area (Å²) >= 11 is 0. The third-order valence-corrected chi connectivity index (χ3v) is 3.53. The third-order valence-electron chi connectivity index (χ3n) is 3.53. The Morgan fingerprint density at radius 1 is 1.33 bits per heavy atom. The highest BCUT2D eigenvalue weighted by Crippen LogP contribution is 2.20. The number of nitrogens with one attached hydrogen (secondary N) is 1. The van der Waals surface area contributed by atoms with Crippen molar-refractivity contribution in [2.45, 2.75) is 26.8 Å². The van der Waals surface area contributed by atoms with Crippen molar-refractivity contribution in [2.24, 2.45) is 0 Å². The van der Waals surface area contributed by atoms with E-state index in [2.05, 4.69) is 23.2 Å². The molecule has 0 amide bonds. The number of morpholine rings is 1. The molecule has 4 nitrogen and oxygen atoms in total. The molecule has 1 aromatic rings. The zero-order chi connectivity index (χ0) is 13.0. The van der Waals surface area contributed by atoms with Crippen LogP contribution in [0.25, 0.3) is 0 Å². The van der Waals surface area contributed by atoms with Gasteiger partial charge in [0.05, 0.1) is 13.2 Å². The molecule has 18 heavy (non-hydrogen) atoms. The molecule has 0 aliphatic carbocycles. The highest BCUT2D eigenvalue weighted by atomic mass is 16.5. The molecule has 0 aromatic carbocycles. The minimum Gasteiger partial charge on any atom is -0.466 e. The van der Waals surface area contributed by atoms with E-state index in [0.717, 1.165) is 50.9 Å². The molecule has 0 radical (unpaired) electrons. The summed E-state index contributed by atoms with van der Waals surface area (Å²) in [7, 11) is 0. The molecule has 2 heterocycles. The van der Waals surface area contributed by atoms with Crippen molar-refractivity contribution in [1.29, 1.82) is 0 Å². The van der Waals surface area contributed by atoms with E-state index < -0.39 is 0 Å². The molecule has 1 atom stereocenters. The van der Waals surface area contributed by atoms with Crippen molar-refractivity contribution in [3.05, 3.63) is 23.2 Å². The summed E-state index contributed by atoms with van der Waals surface area (Å²) in [4.78, 5) is 2.44. The standard InChI is InChI=1S/C14H24N2O2/c1-11-10-14(13(3)18-11)12(2)15-4-5-16-6-8-17-9-7-16/h10,12,15H,4-9H2,1-3H3. The minimum absolute atomic E-state index is 0.350. The Labute approximate surface area is 109 Å². The molecular formula is C14H24N2O2. The van der Waals surface area contributed by atoms with Gasteiger partial charge >= 0.3 is 0 Å². The molecule has 1 N–H and O–H groups in total. The van der Waals surface area contributed by atoms with Crippen LogP contribution in [0.4, 0.5) is 0 Å². The van der Waals surface area contributed by atoms with E-state index in [1.54, 1.807) is 0 Å². The summed E-state index contributed by atoms with van der Waals surface area (Å²) in [6, 6.07) is 2.48. The van der Waals surface area contributed by atoms with Crippen molar-refractivity contribution < 1.29 is 9.15 Å². The Hall–Kier alpha value is -0.840. The summed E-state index contributed by atoms with van der Waals surface area (Å²) in [5.74, 6) is 2.02. The maximum absolute atomic E-state index is 5.56. The van der Waals surface area contributed by atoms with Crippen molar-refractivity contribution >= 4 is 0 Å². The van der Waals surface area contributed by atoms with E-state index >= 15 is 0 Å². The van der Waals surface area contributed by atoms with Gasteiger partial charge in [-0.05, 0) is 26.8 Å². The summed E-state index contributed by atoms with van der Waals surface area (Å²) in [5, 5.41) is 3.56. The highest BCUT2D eigenvalue weighted by Gasteiger charge is 2.13. The molecule has 1 aliphatic rings. The fourth-order valence-corrected chi connectivity index (χ4v) is 2.45. The molecule has 1 aliphatic heterocycles. The molecule has 1 fully saturated rings. The average molecular weight is 252 g/mol. The second-order valence-electron chi connectivity index (χ2n) is 5.00. The molecule has 0 saturated carbocycles. The predicted octanol–water partition coefficient (Wildman–Crippen LogP) is 1.88.